The van der Waals surface area contributed by atoms with Crippen LogP contribution in [0.4, 0.5) is 17.1 Å². The first-order chi connectivity index (χ1) is 17.5. The van der Waals surface area contributed by atoms with E-state index in [1.165, 1.54) is 32.2 Å². The number of hydrogen-bond donors (Lipinski definition) is 3. The number of phenolic OH excluding ortho intramolecular Hbond substituents is 1. The Kier molecular flexibility index (Phi) is 7.37. The van der Waals surface area contributed by atoms with Crippen molar-refractivity contribution in [3.05, 3.63) is 81.8 Å². The van der Waals surface area contributed by atoms with E-state index in [9.17, 15) is 22.9 Å². The number of benzene rings is 4. The molecule has 190 valence electrons. The number of hydrogen-bond acceptors (Lipinski definition) is 7. The number of azo groups is 1. The fourth-order valence-electron chi connectivity index (χ4n) is 3.69. The third-order valence-corrected chi connectivity index (χ3v) is 6.99. The van der Waals surface area contributed by atoms with Crippen LogP contribution in [0.5, 0.6) is 11.5 Å². The van der Waals surface area contributed by atoms with Crippen LogP contribution < -0.4 is 10.1 Å². The summed E-state index contributed by atoms with van der Waals surface area (Å²) in [6.07, 6.45) is 0. The summed E-state index contributed by atoms with van der Waals surface area (Å²) < 4.78 is 38.0. The van der Waals surface area contributed by atoms with Crippen LogP contribution in [0.15, 0.2) is 75.8 Å². The quantitative estimate of drug-likeness (QED) is 0.170. The number of amides is 1. The van der Waals surface area contributed by atoms with E-state index in [1.54, 1.807) is 36.4 Å². The van der Waals surface area contributed by atoms with Gasteiger partial charge in [0.25, 0.3) is 16.0 Å². The minimum Gasteiger partial charge on any atom is -0.505 e. The molecule has 0 aromatic heterocycles. The second-order valence-electron chi connectivity index (χ2n) is 7.87. The maximum atomic E-state index is 13.1. The number of rotatable bonds is 6. The molecule has 0 unspecified atom stereocenters. The predicted molar refractivity (Wildman–Crippen MR) is 142 cm³/mol. The molecule has 0 fully saturated rings. The molecule has 0 atom stereocenters. The summed E-state index contributed by atoms with van der Waals surface area (Å²) in [4.78, 5) is 12.8. The van der Waals surface area contributed by atoms with Gasteiger partial charge in [-0.1, -0.05) is 47.5 Å². The maximum absolute atomic E-state index is 13.1. The molecule has 37 heavy (non-hydrogen) atoms. The van der Waals surface area contributed by atoms with E-state index in [4.69, 9.17) is 27.9 Å². The molecule has 4 aromatic rings. The van der Waals surface area contributed by atoms with Crippen molar-refractivity contribution in [1.29, 1.82) is 0 Å². The molecular weight excluding hydrogens is 541 g/mol. The number of fused-ring (bicyclic) bond motifs is 1. The van der Waals surface area contributed by atoms with Crippen molar-refractivity contribution in [1.82, 2.24) is 0 Å². The van der Waals surface area contributed by atoms with Gasteiger partial charge >= 0.3 is 0 Å². The molecule has 0 bridgehead atoms. The van der Waals surface area contributed by atoms with Crippen LogP contribution in [0, 0.1) is 6.92 Å². The van der Waals surface area contributed by atoms with E-state index >= 15 is 0 Å². The summed E-state index contributed by atoms with van der Waals surface area (Å²) >= 11 is 12.3. The first-order valence-corrected chi connectivity index (χ1v) is 12.8. The average molecular weight is 560 g/mol. The molecule has 1 amide bonds. The monoisotopic (exact) mass is 559 g/mol. The van der Waals surface area contributed by atoms with Gasteiger partial charge in [-0.25, -0.2) is 0 Å². The molecule has 12 heteroatoms. The van der Waals surface area contributed by atoms with Gasteiger partial charge in [-0.2, -0.15) is 8.42 Å². The predicted octanol–water partition coefficient (Wildman–Crippen LogP) is 7.08. The first kappa shape index (κ1) is 26.4. The van der Waals surface area contributed by atoms with Crippen LogP contribution in [-0.4, -0.2) is 31.1 Å². The molecule has 0 saturated heterocycles. The molecule has 4 aromatic carbocycles. The number of anilines is 1. The minimum absolute atomic E-state index is 0.0267. The number of nitrogens with zero attached hydrogens (tertiary/aromatic N) is 2. The van der Waals surface area contributed by atoms with Crippen molar-refractivity contribution in [2.24, 2.45) is 10.2 Å². The van der Waals surface area contributed by atoms with Crippen LogP contribution in [0.2, 0.25) is 10.0 Å². The highest BCUT2D eigenvalue weighted by molar-refractivity contribution is 7.85. The highest BCUT2D eigenvalue weighted by Crippen LogP contribution is 2.41. The molecule has 0 radical (unpaired) electrons. The van der Waals surface area contributed by atoms with Crippen molar-refractivity contribution in [2.75, 3.05) is 12.4 Å². The van der Waals surface area contributed by atoms with Gasteiger partial charge in [0, 0.05) is 22.2 Å². The summed E-state index contributed by atoms with van der Waals surface area (Å²) in [7, 11) is -3.07. The van der Waals surface area contributed by atoms with E-state index in [0.29, 0.717) is 27.2 Å². The smallest absolute Gasteiger partial charge is 0.294 e. The fraction of sp³-hybridized carbons (Fsp3) is 0.0800. The van der Waals surface area contributed by atoms with Crippen molar-refractivity contribution in [3.63, 3.8) is 0 Å². The molecule has 0 saturated carbocycles. The largest absolute Gasteiger partial charge is 0.505 e. The highest BCUT2D eigenvalue weighted by atomic mass is 35.5. The normalized spacial score (nSPS) is 11.7. The number of carbonyl (C=O) groups excluding carboxylic acids is 1. The first-order valence-electron chi connectivity index (χ1n) is 10.6. The van der Waals surface area contributed by atoms with Crippen molar-refractivity contribution in [3.8, 4) is 11.5 Å². The van der Waals surface area contributed by atoms with Crippen LogP contribution in [-0.2, 0) is 10.1 Å². The second-order valence-corrected chi connectivity index (χ2v) is 10.1. The lowest BCUT2D eigenvalue weighted by molar-refractivity contribution is 0.102. The summed E-state index contributed by atoms with van der Waals surface area (Å²) in [6.45, 7) is 1.41. The van der Waals surface area contributed by atoms with E-state index in [1.807, 2.05) is 0 Å². The Hall–Kier alpha value is -3.70. The zero-order chi connectivity index (χ0) is 26.9. The molecular formula is C25H19Cl2N3O6S. The number of methoxy groups -OCH3 is 1. The van der Waals surface area contributed by atoms with Gasteiger partial charge in [0.05, 0.1) is 22.6 Å². The Morgan fingerprint density at radius 1 is 1.00 bits per heavy atom. The zero-order valence-corrected chi connectivity index (χ0v) is 21.7. The van der Waals surface area contributed by atoms with Crippen molar-refractivity contribution in [2.45, 2.75) is 11.8 Å². The second kappa shape index (κ2) is 10.3. The lowest BCUT2D eigenvalue weighted by atomic mass is 10.0. The van der Waals surface area contributed by atoms with Crippen LogP contribution >= 0.6 is 23.2 Å². The number of phenols is 1. The average Bonchev–Trinajstić information content (AvgIpc) is 2.83. The van der Waals surface area contributed by atoms with Crippen molar-refractivity contribution < 1.29 is 27.6 Å². The highest BCUT2D eigenvalue weighted by Gasteiger charge is 2.21. The Balaban J connectivity index is 1.82. The van der Waals surface area contributed by atoms with Gasteiger partial charge in [0.2, 0.25) is 0 Å². The molecule has 0 aliphatic heterocycles. The molecule has 0 aliphatic rings. The number of ether oxygens (including phenoxy) is 1. The van der Waals surface area contributed by atoms with Crippen LogP contribution in [0.25, 0.3) is 10.8 Å². The molecule has 0 aliphatic carbocycles. The maximum Gasteiger partial charge on any atom is 0.294 e. The zero-order valence-electron chi connectivity index (χ0n) is 19.4. The van der Waals surface area contributed by atoms with Gasteiger partial charge in [0.1, 0.15) is 17.1 Å². The molecule has 0 spiro atoms. The summed E-state index contributed by atoms with van der Waals surface area (Å²) in [5, 5.41) is 23.4. The lowest BCUT2D eigenvalue weighted by Gasteiger charge is -2.12. The summed E-state index contributed by atoms with van der Waals surface area (Å²) in [5.41, 5.74) is 0.239. The van der Waals surface area contributed by atoms with Crippen LogP contribution in [0.3, 0.4) is 0 Å². The number of carbonyl (C=O) groups is 1. The van der Waals surface area contributed by atoms with E-state index in [-0.39, 0.29) is 32.4 Å². The lowest BCUT2D eigenvalue weighted by Crippen LogP contribution is -2.12. The minimum atomic E-state index is -4.54. The van der Waals surface area contributed by atoms with Gasteiger partial charge in [-0.15, -0.1) is 10.2 Å². The Morgan fingerprint density at radius 2 is 1.70 bits per heavy atom. The van der Waals surface area contributed by atoms with E-state index in [0.717, 1.165) is 6.07 Å². The number of nitrogens with one attached hydrogen (secondary N) is 1. The van der Waals surface area contributed by atoms with Crippen LogP contribution in [0.1, 0.15) is 15.9 Å². The Bertz CT molecular complexity index is 1690. The standard InChI is InChI=1S/C25H19Cl2N3O6S/c1-13-21(37(33,34)35)8-7-20(27)22(13)29-30-23-18-6-4-3-5-14(18)9-19(24(23)31)25(32)28-16-10-15(26)11-17(12-16)36-2/h3-12,31H,1-2H3,(H,28,32)(H,33,34,35). The third-order valence-electron chi connectivity index (χ3n) is 5.46. The van der Waals surface area contributed by atoms with Gasteiger partial charge in [0.15, 0.2) is 5.75 Å². The molecule has 4 rings (SSSR count). The Labute approximate surface area is 222 Å². The number of halogens is 2. The van der Waals surface area contributed by atoms with E-state index in [2.05, 4.69) is 15.5 Å². The van der Waals surface area contributed by atoms with E-state index < -0.39 is 21.8 Å². The van der Waals surface area contributed by atoms with Gasteiger partial charge in [-0.05, 0) is 48.2 Å². The topological polar surface area (TPSA) is 138 Å². The fourth-order valence-corrected chi connectivity index (χ4v) is 4.89. The Morgan fingerprint density at radius 3 is 2.41 bits per heavy atom. The third kappa shape index (κ3) is 5.52. The molecule has 3 N–H and O–H groups in total. The molecule has 0 heterocycles. The summed E-state index contributed by atoms with van der Waals surface area (Å²) in [6, 6.07) is 15.4. The van der Waals surface area contributed by atoms with Gasteiger partial charge < -0.3 is 15.2 Å². The van der Waals surface area contributed by atoms with Gasteiger partial charge in [-0.3, -0.25) is 9.35 Å². The van der Waals surface area contributed by atoms with Crippen molar-refractivity contribution >= 4 is 67.1 Å². The number of aromatic hydroxyl groups is 1. The molecule has 9 nitrogen and oxygen atoms in total. The SMILES string of the molecule is COc1cc(Cl)cc(NC(=O)c2cc3ccccc3c(N=Nc3c(Cl)ccc(S(=O)(=O)O)c3C)c2O)c1. The summed E-state index contributed by atoms with van der Waals surface area (Å²) in [5.74, 6) is -0.681.